The highest BCUT2D eigenvalue weighted by Crippen LogP contribution is 2.26. The number of benzene rings is 1. The molecule has 1 aromatic carbocycles. The van der Waals surface area contributed by atoms with Crippen molar-refractivity contribution in [3.8, 4) is 17.1 Å². The van der Waals surface area contributed by atoms with E-state index in [4.69, 9.17) is 0 Å². The smallest absolute Gasteiger partial charge is 0.180 e. The number of aryl methyl sites for hydroxylation is 1. The number of nitrogens with zero attached hydrogens (tertiary/aromatic N) is 2. The molecule has 0 aliphatic carbocycles. The second kappa shape index (κ2) is 4.28. The molecule has 0 atom stereocenters. The molecular formula is C14H14N4O. The van der Waals surface area contributed by atoms with Crippen molar-refractivity contribution in [2.24, 2.45) is 0 Å². The molecule has 2 heterocycles. The number of fused-ring (bicyclic) bond motifs is 1. The molecule has 0 saturated carbocycles. The van der Waals surface area contributed by atoms with Crippen LogP contribution < -0.4 is 5.32 Å². The zero-order valence-electron chi connectivity index (χ0n) is 10.7. The summed E-state index contributed by atoms with van der Waals surface area (Å²) in [5, 5.41) is 12.4. The topological polar surface area (TPSA) is 73.8 Å². The van der Waals surface area contributed by atoms with Crippen LogP contribution in [0.4, 0.5) is 5.82 Å². The molecule has 0 unspecified atom stereocenters. The van der Waals surface area contributed by atoms with E-state index in [1.165, 1.54) is 0 Å². The maximum absolute atomic E-state index is 9.44. The van der Waals surface area contributed by atoms with Gasteiger partial charge in [0.1, 0.15) is 17.4 Å². The summed E-state index contributed by atoms with van der Waals surface area (Å²) >= 11 is 0. The summed E-state index contributed by atoms with van der Waals surface area (Å²) in [6.07, 6.45) is 0. The molecule has 0 radical (unpaired) electrons. The number of aromatic hydroxyl groups is 1. The Morgan fingerprint density at radius 3 is 2.74 bits per heavy atom. The molecule has 3 N–H and O–H groups in total. The molecule has 0 fully saturated rings. The monoisotopic (exact) mass is 254 g/mol. The van der Waals surface area contributed by atoms with E-state index in [9.17, 15) is 5.11 Å². The summed E-state index contributed by atoms with van der Waals surface area (Å²) in [6, 6.07) is 9.06. The quantitative estimate of drug-likeness (QED) is 0.657. The standard InChI is InChI=1S/C14H14N4O/c1-8-7-9(19)3-4-10(8)13-16-11-5-6-12(15-2)17-14(11)18-13/h3-7,19H,1-2H3,(H2,15,16,17,18). The van der Waals surface area contributed by atoms with Gasteiger partial charge in [-0.25, -0.2) is 9.97 Å². The van der Waals surface area contributed by atoms with Crippen LogP contribution in [-0.4, -0.2) is 27.1 Å². The second-order valence-electron chi connectivity index (χ2n) is 4.40. The largest absolute Gasteiger partial charge is 0.508 e. The van der Waals surface area contributed by atoms with Crippen molar-refractivity contribution in [2.45, 2.75) is 6.92 Å². The number of phenols is 1. The number of nitrogens with one attached hydrogen (secondary N) is 2. The summed E-state index contributed by atoms with van der Waals surface area (Å²) < 4.78 is 0. The first kappa shape index (κ1) is 11.5. The van der Waals surface area contributed by atoms with E-state index >= 15 is 0 Å². The predicted octanol–water partition coefficient (Wildman–Crippen LogP) is 2.68. The van der Waals surface area contributed by atoms with Gasteiger partial charge in [-0.2, -0.15) is 0 Å². The van der Waals surface area contributed by atoms with Crippen LogP contribution in [-0.2, 0) is 0 Å². The van der Waals surface area contributed by atoms with Gasteiger partial charge in [-0.15, -0.1) is 0 Å². The van der Waals surface area contributed by atoms with E-state index in [-0.39, 0.29) is 5.75 Å². The van der Waals surface area contributed by atoms with Crippen molar-refractivity contribution in [3.05, 3.63) is 35.9 Å². The Balaban J connectivity index is 2.14. The molecule has 5 nitrogen and oxygen atoms in total. The van der Waals surface area contributed by atoms with E-state index in [1.54, 1.807) is 12.1 Å². The SMILES string of the molecule is CNc1ccc2[nH]c(-c3ccc(O)cc3C)nc2n1. The maximum atomic E-state index is 9.44. The van der Waals surface area contributed by atoms with Crippen LogP contribution in [0.1, 0.15) is 5.56 Å². The van der Waals surface area contributed by atoms with Gasteiger partial charge < -0.3 is 15.4 Å². The lowest BCUT2D eigenvalue weighted by Crippen LogP contribution is -1.91. The first-order chi connectivity index (χ1) is 9.17. The molecule has 2 aromatic heterocycles. The minimum atomic E-state index is 0.257. The molecule has 19 heavy (non-hydrogen) atoms. The summed E-state index contributed by atoms with van der Waals surface area (Å²) in [4.78, 5) is 12.1. The van der Waals surface area contributed by atoms with Crippen molar-refractivity contribution >= 4 is 17.0 Å². The van der Waals surface area contributed by atoms with Gasteiger partial charge in [-0.3, -0.25) is 0 Å². The average molecular weight is 254 g/mol. The van der Waals surface area contributed by atoms with Gasteiger partial charge in [0, 0.05) is 12.6 Å². The Hall–Kier alpha value is -2.56. The highest BCUT2D eigenvalue weighted by Gasteiger charge is 2.09. The lowest BCUT2D eigenvalue weighted by atomic mass is 10.1. The molecular weight excluding hydrogens is 240 g/mol. The van der Waals surface area contributed by atoms with Gasteiger partial charge in [0.05, 0.1) is 5.52 Å². The predicted molar refractivity (Wildman–Crippen MR) is 75.3 cm³/mol. The van der Waals surface area contributed by atoms with E-state index < -0.39 is 0 Å². The molecule has 96 valence electrons. The van der Waals surface area contributed by atoms with Crippen LogP contribution in [0.5, 0.6) is 5.75 Å². The van der Waals surface area contributed by atoms with Gasteiger partial charge >= 0.3 is 0 Å². The summed E-state index contributed by atoms with van der Waals surface area (Å²) in [7, 11) is 1.83. The molecule has 0 amide bonds. The lowest BCUT2D eigenvalue weighted by Gasteiger charge is -2.02. The second-order valence-corrected chi connectivity index (χ2v) is 4.40. The first-order valence-corrected chi connectivity index (χ1v) is 6.02. The summed E-state index contributed by atoms with van der Waals surface area (Å²) in [6.45, 7) is 1.94. The van der Waals surface area contributed by atoms with Crippen molar-refractivity contribution in [1.82, 2.24) is 15.0 Å². The van der Waals surface area contributed by atoms with Crippen LogP contribution in [0.15, 0.2) is 30.3 Å². The molecule has 0 aliphatic rings. The van der Waals surface area contributed by atoms with Crippen molar-refractivity contribution in [2.75, 3.05) is 12.4 Å². The zero-order chi connectivity index (χ0) is 13.4. The Labute approximate surface area is 110 Å². The lowest BCUT2D eigenvalue weighted by molar-refractivity contribution is 0.475. The average Bonchev–Trinajstić information content (AvgIpc) is 2.80. The van der Waals surface area contributed by atoms with Crippen LogP contribution >= 0.6 is 0 Å². The fraction of sp³-hybridized carbons (Fsp3) is 0.143. The number of phenolic OH excluding ortho intramolecular Hbond substituents is 1. The number of aromatic amines is 1. The third-order valence-corrected chi connectivity index (χ3v) is 3.07. The van der Waals surface area contributed by atoms with Crippen LogP contribution in [0.2, 0.25) is 0 Å². The first-order valence-electron chi connectivity index (χ1n) is 6.02. The minimum absolute atomic E-state index is 0.257. The molecule has 5 heteroatoms. The number of hydrogen-bond donors (Lipinski definition) is 3. The molecule has 0 aliphatic heterocycles. The number of H-pyrrole nitrogens is 1. The van der Waals surface area contributed by atoms with Gasteiger partial charge in [0.15, 0.2) is 5.65 Å². The summed E-state index contributed by atoms with van der Waals surface area (Å²) in [5.41, 5.74) is 3.49. The number of rotatable bonds is 2. The number of hydrogen-bond acceptors (Lipinski definition) is 4. The van der Waals surface area contributed by atoms with E-state index in [1.807, 2.05) is 32.2 Å². The fourth-order valence-electron chi connectivity index (χ4n) is 2.07. The molecule has 3 aromatic rings. The number of anilines is 1. The molecule has 0 saturated heterocycles. The highest BCUT2D eigenvalue weighted by atomic mass is 16.3. The Morgan fingerprint density at radius 2 is 2.00 bits per heavy atom. The Morgan fingerprint density at radius 1 is 1.16 bits per heavy atom. The van der Waals surface area contributed by atoms with Crippen LogP contribution in [0.25, 0.3) is 22.6 Å². The van der Waals surface area contributed by atoms with Crippen LogP contribution in [0, 0.1) is 6.92 Å². The van der Waals surface area contributed by atoms with Crippen molar-refractivity contribution in [1.29, 1.82) is 0 Å². The fourth-order valence-corrected chi connectivity index (χ4v) is 2.07. The minimum Gasteiger partial charge on any atom is -0.508 e. The summed E-state index contributed by atoms with van der Waals surface area (Å²) in [5.74, 6) is 1.80. The number of pyridine rings is 1. The number of aromatic nitrogens is 3. The van der Waals surface area contributed by atoms with Crippen molar-refractivity contribution < 1.29 is 5.11 Å². The normalized spacial score (nSPS) is 10.8. The van der Waals surface area contributed by atoms with E-state index in [0.29, 0.717) is 5.65 Å². The third kappa shape index (κ3) is 1.99. The van der Waals surface area contributed by atoms with Crippen LogP contribution in [0.3, 0.4) is 0 Å². The van der Waals surface area contributed by atoms with Gasteiger partial charge in [0.2, 0.25) is 0 Å². The van der Waals surface area contributed by atoms with Crippen molar-refractivity contribution in [3.63, 3.8) is 0 Å². The van der Waals surface area contributed by atoms with E-state index in [2.05, 4.69) is 20.3 Å². The Kier molecular flexibility index (Phi) is 2.59. The van der Waals surface area contributed by atoms with Gasteiger partial charge in [-0.05, 0) is 42.8 Å². The van der Waals surface area contributed by atoms with Gasteiger partial charge in [0.25, 0.3) is 0 Å². The zero-order valence-corrected chi connectivity index (χ0v) is 10.7. The van der Waals surface area contributed by atoms with Gasteiger partial charge in [-0.1, -0.05) is 0 Å². The van der Waals surface area contributed by atoms with E-state index in [0.717, 1.165) is 28.3 Å². The maximum Gasteiger partial charge on any atom is 0.180 e. The Bertz CT molecular complexity index is 748. The number of imidazole rings is 1. The molecule has 3 rings (SSSR count). The highest BCUT2D eigenvalue weighted by molar-refractivity contribution is 5.78. The molecule has 0 bridgehead atoms. The molecule has 0 spiro atoms. The third-order valence-electron chi connectivity index (χ3n) is 3.07.